The highest BCUT2D eigenvalue weighted by atomic mass is 16.3. The summed E-state index contributed by atoms with van der Waals surface area (Å²) in [7, 11) is 0. The van der Waals surface area contributed by atoms with Gasteiger partial charge in [-0.1, -0.05) is 37.3 Å². The fraction of sp³-hybridized carbons (Fsp3) is 0.417. The van der Waals surface area contributed by atoms with Crippen molar-refractivity contribution in [2.75, 3.05) is 0 Å². The van der Waals surface area contributed by atoms with Gasteiger partial charge in [-0.25, -0.2) is 0 Å². The standard InChI is InChI=1S/C12H17NO2/c1-3-11(13-9(2)14)12(15)10-7-5-4-6-8-10/h4-8,11-12,15H,3H2,1-2H3,(H,13,14)/t11-,12+/m1/s1. The molecule has 1 rings (SSSR count). The van der Waals surface area contributed by atoms with Crippen molar-refractivity contribution in [2.24, 2.45) is 0 Å². The second kappa shape index (κ2) is 5.51. The smallest absolute Gasteiger partial charge is 0.217 e. The molecule has 0 radical (unpaired) electrons. The van der Waals surface area contributed by atoms with Gasteiger partial charge < -0.3 is 10.4 Å². The lowest BCUT2D eigenvalue weighted by Gasteiger charge is -2.22. The summed E-state index contributed by atoms with van der Waals surface area (Å²) in [5.41, 5.74) is 0.832. The van der Waals surface area contributed by atoms with Gasteiger partial charge in [0.1, 0.15) is 0 Å². The van der Waals surface area contributed by atoms with Crippen molar-refractivity contribution in [1.82, 2.24) is 5.32 Å². The number of rotatable bonds is 4. The second-order valence-electron chi connectivity index (χ2n) is 3.57. The Kier molecular flexibility index (Phi) is 4.31. The van der Waals surface area contributed by atoms with Crippen LogP contribution in [0.5, 0.6) is 0 Å². The zero-order valence-electron chi connectivity index (χ0n) is 9.10. The van der Waals surface area contributed by atoms with E-state index >= 15 is 0 Å². The highest BCUT2D eigenvalue weighted by Crippen LogP contribution is 2.18. The highest BCUT2D eigenvalue weighted by Gasteiger charge is 2.19. The number of hydrogen-bond acceptors (Lipinski definition) is 2. The summed E-state index contributed by atoms with van der Waals surface area (Å²) < 4.78 is 0. The van der Waals surface area contributed by atoms with E-state index < -0.39 is 6.10 Å². The summed E-state index contributed by atoms with van der Waals surface area (Å²) in [5, 5.41) is 12.8. The van der Waals surface area contributed by atoms with Gasteiger partial charge in [-0.15, -0.1) is 0 Å². The third-order valence-corrected chi connectivity index (χ3v) is 2.35. The van der Waals surface area contributed by atoms with E-state index in [0.29, 0.717) is 6.42 Å². The molecule has 1 aromatic rings. The van der Waals surface area contributed by atoms with Gasteiger partial charge in [-0.2, -0.15) is 0 Å². The lowest BCUT2D eigenvalue weighted by Crippen LogP contribution is -2.37. The van der Waals surface area contributed by atoms with Crippen LogP contribution in [0.15, 0.2) is 30.3 Å². The van der Waals surface area contributed by atoms with Gasteiger partial charge in [0.15, 0.2) is 0 Å². The summed E-state index contributed by atoms with van der Waals surface area (Å²) in [6, 6.07) is 9.14. The van der Waals surface area contributed by atoms with E-state index in [1.54, 1.807) is 0 Å². The van der Waals surface area contributed by atoms with E-state index in [-0.39, 0.29) is 11.9 Å². The van der Waals surface area contributed by atoms with Crippen LogP contribution in [0.3, 0.4) is 0 Å². The van der Waals surface area contributed by atoms with Crippen molar-refractivity contribution < 1.29 is 9.90 Å². The predicted molar refractivity (Wildman–Crippen MR) is 59.3 cm³/mol. The minimum absolute atomic E-state index is 0.114. The van der Waals surface area contributed by atoms with Crippen LogP contribution in [0.2, 0.25) is 0 Å². The molecule has 0 bridgehead atoms. The maximum Gasteiger partial charge on any atom is 0.217 e. The Bertz CT molecular complexity index is 311. The maximum absolute atomic E-state index is 10.9. The van der Waals surface area contributed by atoms with Gasteiger partial charge in [0.05, 0.1) is 12.1 Å². The number of benzene rings is 1. The summed E-state index contributed by atoms with van der Waals surface area (Å²) in [6.07, 6.45) is 0.0652. The molecule has 2 N–H and O–H groups in total. The van der Waals surface area contributed by atoms with E-state index in [1.807, 2.05) is 37.3 Å². The topological polar surface area (TPSA) is 49.3 Å². The van der Waals surface area contributed by atoms with Crippen molar-refractivity contribution >= 4 is 5.91 Å². The molecule has 0 spiro atoms. The first-order chi connectivity index (χ1) is 7.15. The molecule has 0 aliphatic heterocycles. The number of amides is 1. The number of hydrogen-bond donors (Lipinski definition) is 2. The summed E-state index contributed by atoms with van der Waals surface area (Å²) in [6.45, 7) is 3.40. The molecule has 15 heavy (non-hydrogen) atoms. The molecule has 82 valence electrons. The summed E-state index contributed by atoms with van der Waals surface area (Å²) in [4.78, 5) is 10.9. The molecule has 1 aromatic carbocycles. The van der Waals surface area contributed by atoms with E-state index in [0.717, 1.165) is 5.56 Å². The monoisotopic (exact) mass is 207 g/mol. The van der Waals surface area contributed by atoms with E-state index in [4.69, 9.17) is 0 Å². The van der Waals surface area contributed by atoms with Crippen molar-refractivity contribution in [1.29, 1.82) is 0 Å². The van der Waals surface area contributed by atoms with Crippen LogP contribution < -0.4 is 5.32 Å². The molecule has 0 fully saturated rings. The second-order valence-corrected chi connectivity index (χ2v) is 3.57. The van der Waals surface area contributed by atoms with Crippen LogP contribution in [0.1, 0.15) is 31.9 Å². The van der Waals surface area contributed by atoms with Gasteiger partial charge in [-0.05, 0) is 12.0 Å². The van der Waals surface area contributed by atoms with Gasteiger partial charge in [0, 0.05) is 6.92 Å². The van der Waals surface area contributed by atoms with Crippen LogP contribution in [0, 0.1) is 0 Å². The molecule has 3 nitrogen and oxygen atoms in total. The molecule has 0 saturated heterocycles. The normalized spacial score (nSPS) is 14.3. The minimum atomic E-state index is -0.639. The molecular weight excluding hydrogens is 190 g/mol. The first-order valence-corrected chi connectivity index (χ1v) is 5.15. The van der Waals surface area contributed by atoms with Gasteiger partial charge in [0.2, 0.25) is 5.91 Å². The van der Waals surface area contributed by atoms with Crippen LogP contribution in [0.4, 0.5) is 0 Å². The maximum atomic E-state index is 10.9. The molecule has 1 amide bonds. The van der Waals surface area contributed by atoms with Crippen LogP contribution in [-0.4, -0.2) is 17.1 Å². The fourth-order valence-corrected chi connectivity index (χ4v) is 1.55. The minimum Gasteiger partial charge on any atom is -0.386 e. The Morgan fingerprint density at radius 2 is 2.00 bits per heavy atom. The molecule has 3 heteroatoms. The van der Waals surface area contributed by atoms with E-state index in [9.17, 15) is 9.90 Å². The first-order valence-electron chi connectivity index (χ1n) is 5.15. The highest BCUT2D eigenvalue weighted by molar-refractivity contribution is 5.73. The van der Waals surface area contributed by atoms with Crippen molar-refractivity contribution in [3.05, 3.63) is 35.9 Å². The Morgan fingerprint density at radius 3 is 2.47 bits per heavy atom. The lowest BCUT2D eigenvalue weighted by atomic mass is 10.0. The van der Waals surface area contributed by atoms with Gasteiger partial charge >= 0.3 is 0 Å². The third-order valence-electron chi connectivity index (χ3n) is 2.35. The third kappa shape index (κ3) is 3.36. The summed E-state index contributed by atoms with van der Waals surface area (Å²) in [5.74, 6) is -0.114. The predicted octanol–water partition coefficient (Wildman–Crippen LogP) is 1.63. The largest absolute Gasteiger partial charge is 0.386 e. The van der Waals surface area contributed by atoms with Crippen LogP contribution >= 0.6 is 0 Å². The number of nitrogens with one attached hydrogen (secondary N) is 1. The van der Waals surface area contributed by atoms with Crippen molar-refractivity contribution in [2.45, 2.75) is 32.4 Å². The van der Waals surface area contributed by atoms with Crippen molar-refractivity contribution in [3.8, 4) is 0 Å². The number of aliphatic hydroxyl groups is 1. The van der Waals surface area contributed by atoms with Gasteiger partial charge in [0.25, 0.3) is 0 Å². The Balaban J connectivity index is 2.73. The molecule has 0 saturated carbocycles. The van der Waals surface area contributed by atoms with E-state index in [1.165, 1.54) is 6.92 Å². The molecule has 0 aliphatic carbocycles. The average Bonchev–Trinajstić information content (AvgIpc) is 2.26. The quantitative estimate of drug-likeness (QED) is 0.788. The molecule has 0 heterocycles. The first kappa shape index (κ1) is 11.7. The number of carbonyl (C=O) groups is 1. The average molecular weight is 207 g/mol. The molecule has 0 aliphatic rings. The Labute approximate surface area is 90.1 Å². The number of carbonyl (C=O) groups excluding carboxylic acids is 1. The van der Waals surface area contributed by atoms with E-state index in [2.05, 4.69) is 5.32 Å². The van der Waals surface area contributed by atoms with Crippen LogP contribution in [0.25, 0.3) is 0 Å². The fourth-order valence-electron chi connectivity index (χ4n) is 1.55. The van der Waals surface area contributed by atoms with Gasteiger partial charge in [-0.3, -0.25) is 4.79 Å². The Hall–Kier alpha value is -1.35. The zero-order chi connectivity index (χ0) is 11.3. The summed E-state index contributed by atoms with van der Waals surface area (Å²) >= 11 is 0. The lowest BCUT2D eigenvalue weighted by molar-refractivity contribution is -0.120. The zero-order valence-corrected chi connectivity index (χ0v) is 9.10. The molecule has 2 atom stereocenters. The van der Waals surface area contributed by atoms with Crippen molar-refractivity contribution in [3.63, 3.8) is 0 Å². The molecule has 0 unspecified atom stereocenters. The SMILES string of the molecule is CC[C@@H](NC(C)=O)[C@@H](O)c1ccccc1. The van der Waals surface area contributed by atoms with Crippen LogP contribution in [-0.2, 0) is 4.79 Å². The number of aliphatic hydroxyl groups excluding tert-OH is 1. The molecular formula is C12H17NO2. The Morgan fingerprint density at radius 1 is 1.40 bits per heavy atom. The molecule has 0 aromatic heterocycles.